The van der Waals surface area contributed by atoms with E-state index >= 15 is 0 Å². The number of allylic oxidation sites excluding steroid dienone is 2. The van der Waals surface area contributed by atoms with Gasteiger partial charge in [0.2, 0.25) is 5.91 Å². The van der Waals surface area contributed by atoms with Crippen LogP contribution in [0.25, 0.3) is 0 Å². The largest absolute Gasteiger partial charge is 0.468 e. The molecule has 0 spiro atoms. The summed E-state index contributed by atoms with van der Waals surface area (Å²) in [6, 6.07) is 10.8. The van der Waals surface area contributed by atoms with Crippen LogP contribution in [-0.4, -0.2) is 24.2 Å². The molecule has 1 amide bonds. The number of anilines is 1. The number of benzene rings is 1. The lowest BCUT2D eigenvalue weighted by molar-refractivity contribution is -0.138. The summed E-state index contributed by atoms with van der Waals surface area (Å²) in [6.07, 6.45) is 2.94. The predicted octanol–water partition coefficient (Wildman–Crippen LogP) is 5.04. The Morgan fingerprint density at radius 1 is 1.39 bits per heavy atom. The zero-order chi connectivity index (χ0) is 24.0. The van der Waals surface area contributed by atoms with E-state index in [0.717, 1.165) is 17.3 Å². The minimum absolute atomic E-state index is 0.0351. The summed E-state index contributed by atoms with van der Waals surface area (Å²) in [5.41, 5.74) is 2.54. The maximum Gasteiger partial charge on any atom is 0.337 e. The van der Waals surface area contributed by atoms with Gasteiger partial charge in [-0.3, -0.25) is 4.79 Å². The minimum Gasteiger partial charge on any atom is -0.468 e. The molecule has 3 rings (SSSR count). The molecule has 9 heteroatoms. The maximum atomic E-state index is 12.7. The van der Waals surface area contributed by atoms with Gasteiger partial charge in [0, 0.05) is 16.4 Å². The molecule has 170 valence electrons. The highest BCUT2D eigenvalue weighted by molar-refractivity contribution is 8.03. The second kappa shape index (κ2) is 10.9. The second-order valence-corrected chi connectivity index (χ2v) is 8.55. The van der Waals surface area contributed by atoms with E-state index < -0.39 is 11.9 Å². The first kappa shape index (κ1) is 24.2. The summed E-state index contributed by atoms with van der Waals surface area (Å²) in [7, 11) is 0. The number of furan rings is 1. The Kier molecular flexibility index (Phi) is 8.04. The van der Waals surface area contributed by atoms with Crippen LogP contribution >= 0.6 is 23.4 Å². The van der Waals surface area contributed by atoms with E-state index in [9.17, 15) is 14.9 Å². The number of carbonyl (C=O) groups excluding carboxylic acids is 2. The number of dihydropyridines is 1. The second-order valence-electron chi connectivity index (χ2n) is 7.15. The molecule has 1 atom stereocenters. The summed E-state index contributed by atoms with van der Waals surface area (Å²) in [5.74, 6) is -1.14. The Labute approximate surface area is 201 Å². The first-order valence-electron chi connectivity index (χ1n) is 9.98. The van der Waals surface area contributed by atoms with Gasteiger partial charge in [-0.15, -0.1) is 0 Å². The van der Waals surface area contributed by atoms with Crippen LogP contribution in [0.15, 0.2) is 75.5 Å². The van der Waals surface area contributed by atoms with Gasteiger partial charge in [-0.2, -0.15) is 5.26 Å². The lowest BCUT2D eigenvalue weighted by Gasteiger charge is -2.27. The van der Waals surface area contributed by atoms with E-state index in [1.807, 2.05) is 13.0 Å². The number of nitrogens with zero attached hydrogens (tertiary/aromatic N) is 1. The van der Waals surface area contributed by atoms with Crippen molar-refractivity contribution in [1.29, 1.82) is 5.26 Å². The van der Waals surface area contributed by atoms with Crippen molar-refractivity contribution in [3.8, 4) is 6.07 Å². The summed E-state index contributed by atoms with van der Waals surface area (Å²) in [6.45, 7) is 7.18. The van der Waals surface area contributed by atoms with Crippen molar-refractivity contribution in [2.75, 3.05) is 17.7 Å². The third-order valence-electron chi connectivity index (χ3n) is 4.83. The smallest absolute Gasteiger partial charge is 0.337 e. The van der Waals surface area contributed by atoms with Crippen molar-refractivity contribution in [2.24, 2.45) is 0 Å². The number of amides is 1. The average Bonchev–Trinajstić information content (AvgIpc) is 3.32. The van der Waals surface area contributed by atoms with Gasteiger partial charge >= 0.3 is 5.97 Å². The molecule has 0 unspecified atom stereocenters. The van der Waals surface area contributed by atoms with Crippen LogP contribution in [0.1, 0.15) is 24.2 Å². The lowest BCUT2D eigenvalue weighted by atomic mass is 9.86. The first-order valence-corrected chi connectivity index (χ1v) is 11.3. The summed E-state index contributed by atoms with van der Waals surface area (Å²) < 4.78 is 10.8. The molecule has 1 aromatic heterocycles. The first-order chi connectivity index (χ1) is 15.8. The Hall–Kier alpha value is -3.41. The average molecular weight is 484 g/mol. The van der Waals surface area contributed by atoms with E-state index in [-0.39, 0.29) is 29.4 Å². The fraction of sp³-hybridized carbons (Fsp3) is 0.208. The quantitative estimate of drug-likeness (QED) is 0.400. The predicted molar refractivity (Wildman–Crippen MR) is 128 cm³/mol. The molecule has 2 N–H and O–H groups in total. The normalized spacial score (nSPS) is 15.5. The molecule has 2 aromatic rings. The van der Waals surface area contributed by atoms with Gasteiger partial charge in [0.15, 0.2) is 0 Å². The molecule has 0 fully saturated rings. The fourth-order valence-corrected chi connectivity index (χ4v) is 4.33. The van der Waals surface area contributed by atoms with Gasteiger partial charge in [0.1, 0.15) is 12.4 Å². The lowest BCUT2D eigenvalue weighted by Crippen LogP contribution is -2.29. The molecule has 1 aliphatic heterocycles. The van der Waals surface area contributed by atoms with Crippen molar-refractivity contribution in [1.82, 2.24) is 5.32 Å². The van der Waals surface area contributed by atoms with Crippen LogP contribution in [0.5, 0.6) is 0 Å². The Bertz CT molecular complexity index is 1180. The molecule has 0 saturated heterocycles. The number of nitrogens with one attached hydrogen (secondary N) is 2. The van der Waals surface area contributed by atoms with E-state index in [1.165, 1.54) is 12.3 Å². The number of halogens is 1. The fourth-order valence-electron chi connectivity index (χ4n) is 3.25. The van der Waals surface area contributed by atoms with Crippen molar-refractivity contribution in [3.05, 3.63) is 87.5 Å². The minimum atomic E-state index is -0.759. The Morgan fingerprint density at radius 2 is 2.18 bits per heavy atom. The summed E-state index contributed by atoms with van der Waals surface area (Å²) >= 11 is 7.28. The van der Waals surface area contributed by atoms with Crippen molar-refractivity contribution < 1.29 is 18.7 Å². The third-order valence-corrected chi connectivity index (χ3v) is 6.25. The van der Waals surface area contributed by atoms with Crippen molar-refractivity contribution in [3.63, 3.8) is 0 Å². The zero-order valence-corrected chi connectivity index (χ0v) is 19.7. The summed E-state index contributed by atoms with van der Waals surface area (Å²) in [4.78, 5) is 25.2. The molecule has 0 aliphatic carbocycles. The summed E-state index contributed by atoms with van der Waals surface area (Å²) in [5, 5.41) is 16.8. The topological polar surface area (TPSA) is 104 Å². The van der Waals surface area contributed by atoms with Crippen molar-refractivity contribution in [2.45, 2.75) is 19.8 Å². The number of carbonyl (C=O) groups is 2. The van der Waals surface area contributed by atoms with Gasteiger partial charge in [-0.1, -0.05) is 42.1 Å². The molecular weight excluding hydrogens is 462 g/mol. The van der Waals surface area contributed by atoms with Gasteiger partial charge in [-0.25, -0.2) is 4.79 Å². The number of hydrogen-bond acceptors (Lipinski definition) is 7. The van der Waals surface area contributed by atoms with Gasteiger partial charge < -0.3 is 19.8 Å². The molecule has 1 aliphatic rings. The molecule has 1 aromatic carbocycles. The number of hydrogen-bond donors (Lipinski definition) is 2. The van der Waals surface area contributed by atoms with Crippen LogP contribution in [0.3, 0.4) is 0 Å². The van der Waals surface area contributed by atoms with Gasteiger partial charge in [-0.05, 0) is 43.7 Å². The highest BCUT2D eigenvalue weighted by Crippen LogP contribution is 2.41. The Balaban J connectivity index is 1.83. The Morgan fingerprint density at radius 3 is 2.82 bits per heavy atom. The van der Waals surface area contributed by atoms with Crippen LogP contribution < -0.4 is 10.6 Å². The number of aryl methyl sites for hydroxylation is 1. The van der Waals surface area contributed by atoms with E-state index in [4.69, 9.17) is 20.8 Å². The van der Waals surface area contributed by atoms with Gasteiger partial charge in [0.05, 0.1) is 40.2 Å². The zero-order valence-electron chi connectivity index (χ0n) is 18.1. The number of nitriles is 1. The van der Waals surface area contributed by atoms with Crippen LogP contribution in [0.2, 0.25) is 5.02 Å². The highest BCUT2D eigenvalue weighted by atomic mass is 35.5. The standard InChI is InChI=1S/C24H22ClN3O4S/c1-4-9-32-24(30)21-15(3)27-23(17(12-26)22(21)19-6-5-10-31-19)33-13-20(29)28-16-8-7-14(2)18(25)11-16/h4-8,10-11,22,27H,1,9,13H2,2-3H3,(H,28,29)/t22-/m1/s1. The number of esters is 1. The molecule has 33 heavy (non-hydrogen) atoms. The maximum absolute atomic E-state index is 12.7. The van der Waals surface area contributed by atoms with Crippen LogP contribution in [0, 0.1) is 18.3 Å². The third kappa shape index (κ3) is 5.69. The molecule has 2 heterocycles. The molecule has 0 radical (unpaired) electrons. The van der Waals surface area contributed by atoms with E-state index in [0.29, 0.717) is 27.2 Å². The van der Waals surface area contributed by atoms with Crippen molar-refractivity contribution >= 4 is 40.9 Å². The van der Waals surface area contributed by atoms with Crippen LogP contribution in [0.4, 0.5) is 5.69 Å². The molecule has 7 nitrogen and oxygen atoms in total. The highest BCUT2D eigenvalue weighted by Gasteiger charge is 2.37. The monoisotopic (exact) mass is 483 g/mol. The van der Waals surface area contributed by atoms with E-state index in [2.05, 4.69) is 23.3 Å². The number of ether oxygens (including phenoxy) is 1. The number of rotatable bonds is 8. The molecular formula is C24H22ClN3O4S. The molecule has 0 bridgehead atoms. The SMILES string of the molecule is C=CCOC(=O)C1=C(C)NC(SCC(=O)Nc2ccc(C)c(Cl)c2)=C(C#N)[C@@H]1c1ccco1. The van der Waals surface area contributed by atoms with Gasteiger partial charge in [0.25, 0.3) is 0 Å². The van der Waals surface area contributed by atoms with Crippen LogP contribution in [-0.2, 0) is 14.3 Å². The van der Waals surface area contributed by atoms with E-state index in [1.54, 1.807) is 31.2 Å². The molecule has 0 saturated carbocycles. The number of thioether (sulfide) groups is 1.